The number of nitrogen functional groups attached to an aromatic ring is 1. The van der Waals surface area contributed by atoms with Crippen molar-refractivity contribution in [2.45, 2.75) is 43.0 Å². The summed E-state index contributed by atoms with van der Waals surface area (Å²) in [6.07, 6.45) is 8.86. The smallest absolute Gasteiger partial charge is 0.153 e. The monoisotopic (exact) mass is 312 g/mol. The summed E-state index contributed by atoms with van der Waals surface area (Å²) in [5, 5.41) is 1.28. The van der Waals surface area contributed by atoms with E-state index in [4.69, 9.17) is 5.73 Å². The van der Waals surface area contributed by atoms with Crippen LogP contribution in [-0.4, -0.2) is 47.8 Å². The molecule has 0 saturated carbocycles. The number of likely N-dealkylation sites (tertiary alicyclic amines) is 1. The van der Waals surface area contributed by atoms with Gasteiger partial charge in [0.25, 0.3) is 0 Å². The molecule has 1 aromatic rings. The fourth-order valence-electron chi connectivity index (χ4n) is 3.40. The Morgan fingerprint density at radius 1 is 1.15 bits per heavy atom. The van der Waals surface area contributed by atoms with Gasteiger partial charge in [0.2, 0.25) is 0 Å². The van der Waals surface area contributed by atoms with Crippen LogP contribution in [0.15, 0.2) is 4.90 Å². The molecule has 0 radical (unpaired) electrons. The average molecular weight is 313 g/mol. The highest BCUT2D eigenvalue weighted by atomic mass is 32.2. The molecule has 2 fully saturated rings. The third-order valence-electron chi connectivity index (χ3n) is 4.52. The summed E-state index contributed by atoms with van der Waals surface area (Å²) in [5.41, 5.74) is 5.95. The molecule has 0 unspecified atom stereocenters. The summed E-state index contributed by atoms with van der Waals surface area (Å²) in [6, 6.07) is 0.801. The van der Waals surface area contributed by atoms with Crippen molar-refractivity contribution in [2.75, 3.05) is 43.1 Å². The average Bonchev–Trinajstić information content (AvgIpc) is 2.89. The lowest BCUT2D eigenvalue weighted by molar-refractivity contribution is 0.141. The number of aromatic nitrogens is 1. The van der Waals surface area contributed by atoms with Crippen LogP contribution in [0.2, 0.25) is 0 Å². The zero-order valence-corrected chi connectivity index (χ0v) is 13.8. The third-order valence-corrected chi connectivity index (χ3v) is 6.38. The fraction of sp³-hybridized carbons (Fsp3) is 0.786. The first-order chi connectivity index (χ1) is 9.79. The second-order valence-electron chi connectivity index (χ2n) is 5.72. The molecule has 2 N–H and O–H groups in total. The van der Waals surface area contributed by atoms with Crippen molar-refractivity contribution in [3.05, 3.63) is 0 Å². The van der Waals surface area contributed by atoms with Crippen LogP contribution in [0.25, 0.3) is 0 Å². The molecule has 2 saturated heterocycles. The molecule has 3 heterocycles. The van der Waals surface area contributed by atoms with E-state index in [1.54, 1.807) is 23.3 Å². The predicted octanol–water partition coefficient (Wildman–Crippen LogP) is 2.90. The molecule has 3 rings (SSSR count). The summed E-state index contributed by atoms with van der Waals surface area (Å²) in [6.45, 7) is 4.93. The SMILES string of the molecule is CSc1c(N)nsc1N1CCC(N2CCCCC2)CC1. The van der Waals surface area contributed by atoms with E-state index in [0.717, 1.165) is 19.1 Å². The van der Waals surface area contributed by atoms with Gasteiger partial charge < -0.3 is 15.5 Å². The lowest BCUT2D eigenvalue weighted by Crippen LogP contribution is -2.46. The molecule has 0 aliphatic carbocycles. The molecule has 1 aromatic heterocycles. The minimum absolute atomic E-state index is 0.704. The van der Waals surface area contributed by atoms with Gasteiger partial charge in [0, 0.05) is 19.1 Å². The van der Waals surface area contributed by atoms with Crippen molar-refractivity contribution < 1.29 is 0 Å². The number of rotatable bonds is 3. The summed E-state index contributed by atoms with van der Waals surface area (Å²) < 4.78 is 4.32. The molecule has 4 nitrogen and oxygen atoms in total. The number of nitrogens with two attached hydrogens (primary N) is 1. The largest absolute Gasteiger partial charge is 0.382 e. The van der Waals surface area contributed by atoms with Crippen LogP contribution < -0.4 is 10.6 Å². The van der Waals surface area contributed by atoms with Gasteiger partial charge in [-0.3, -0.25) is 0 Å². The highest BCUT2D eigenvalue weighted by molar-refractivity contribution is 7.99. The van der Waals surface area contributed by atoms with Gasteiger partial charge in [-0.25, -0.2) is 0 Å². The van der Waals surface area contributed by atoms with Crippen LogP contribution in [0.3, 0.4) is 0 Å². The van der Waals surface area contributed by atoms with Crippen molar-refractivity contribution in [1.82, 2.24) is 9.27 Å². The first-order valence-electron chi connectivity index (χ1n) is 7.57. The topological polar surface area (TPSA) is 45.4 Å². The Hall–Kier alpha value is -0.460. The lowest BCUT2D eigenvalue weighted by Gasteiger charge is -2.40. The van der Waals surface area contributed by atoms with E-state index in [0.29, 0.717) is 5.82 Å². The highest BCUT2D eigenvalue weighted by Gasteiger charge is 2.27. The van der Waals surface area contributed by atoms with Gasteiger partial charge >= 0.3 is 0 Å². The Labute approximate surface area is 129 Å². The Balaban J connectivity index is 1.60. The molecule has 0 atom stereocenters. The summed E-state index contributed by atoms with van der Waals surface area (Å²) in [5.74, 6) is 0.704. The number of anilines is 2. The Bertz CT molecular complexity index is 434. The van der Waals surface area contributed by atoms with Gasteiger partial charge in [-0.05, 0) is 56.6 Å². The number of thioether (sulfide) groups is 1. The van der Waals surface area contributed by atoms with E-state index < -0.39 is 0 Å². The standard InChI is InChI=1S/C14H24N4S2/c1-19-12-13(15)16-20-14(12)18-9-5-11(6-10-18)17-7-3-2-4-8-17/h11H,2-10H2,1H3,(H2,15,16). The number of hydrogen-bond acceptors (Lipinski definition) is 6. The van der Waals surface area contributed by atoms with E-state index in [2.05, 4.69) is 20.4 Å². The minimum atomic E-state index is 0.704. The molecular weight excluding hydrogens is 288 g/mol. The van der Waals surface area contributed by atoms with Crippen LogP contribution >= 0.6 is 23.3 Å². The second kappa shape index (κ2) is 6.54. The van der Waals surface area contributed by atoms with Crippen LogP contribution in [0.4, 0.5) is 10.8 Å². The number of piperidine rings is 2. The lowest BCUT2D eigenvalue weighted by atomic mass is 10.00. The third kappa shape index (κ3) is 2.92. The molecule has 0 aromatic carbocycles. The first-order valence-corrected chi connectivity index (χ1v) is 9.57. The molecule has 112 valence electrons. The quantitative estimate of drug-likeness (QED) is 0.870. The second-order valence-corrected chi connectivity index (χ2v) is 7.29. The van der Waals surface area contributed by atoms with Crippen LogP contribution in [-0.2, 0) is 0 Å². The van der Waals surface area contributed by atoms with Crippen LogP contribution in [0, 0.1) is 0 Å². The van der Waals surface area contributed by atoms with Crippen LogP contribution in [0.5, 0.6) is 0 Å². The highest BCUT2D eigenvalue weighted by Crippen LogP contribution is 2.38. The van der Waals surface area contributed by atoms with Crippen molar-refractivity contribution >= 4 is 34.1 Å². The van der Waals surface area contributed by atoms with Gasteiger partial charge in [0.1, 0.15) is 5.00 Å². The van der Waals surface area contributed by atoms with Gasteiger partial charge in [0.05, 0.1) is 4.90 Å². The molecule has 2 aliphatic rings. The van der Waals surface area contributed by atoms with E-state index in [-0.39, 0.29) is 0 Å². The van der Waals surface area contributed by atoms with Gasteiger partial charge in [-0.1, -0.05) is 6.42 Å². The van der Waals surface area contributed by atoms with Gasteiger partial charge in [0.15, 0.2) is 5.82 Å². The summed E-state index contributed by atoms with van der Waals surface area (Å²) >= 11 is 3.28. The maximum Gasteiger partial charge on any atom is 0.153 e. The van der Waals surface area contributed by atoms with E-state index in [1.165, 1.54) is 55.1 Å². The van der Waals surface area contributed by atoms with Crippen molar-refractivity contribution in [3.63, 3.8) is 0 Å². The fourth-order valence-corrected chi connectivity index (χ4v) is 5.14. The number of nitrogens with zero attached hydrogens (tertiary/aromatic N) is 3. The Morgan fingerprint density at radius 2 is 1.85 bits per heavy atom. The van der Waals surface area contributed by atoms with E-state index in [9.17, 15) is 0 Å². The molecule has 2 aliphatic heterocycles. The molecule has 6 heteroatoms. The zero-order valence-electron chi connectivity index (χ0n) is 12.2. The van der Waals surface area contributed by atoms with E-state index in [1.807, 2.05) is 0 Å². The zero-order chi connectivity index (χ0) is 13.9. The Kier molecular flexibility index (Phi) is 4.73. The molecule has 0 amide bonds. The molecule has 20 heavy (non-hydrogen) atoms. The van der Waals surface area contributed by atoms with Gasteiger partial charge in [-0.15, -0.1) is 11.8 Å². The van der Waals surface area contributed by atoms with Crippen molar-refractivity contribution in [2.24, 2.45) is 0 Å². The summed E-state index contributed by atoms with van der Waals surface area (Å²) in [7, 11) is 0. The Morgan fingerprint density at radius 3 is 2.50 bits per heavy atom. The maximum atomic E-state index is 5.95. The summed E-state index contributed by atoms with van der Waals surface area (Å²) in [4.78, 5) is 6.38. The van der Waals surface area contributed by atoms with E-state index >= 15 is 0 Å². The first kappa shape index (κ1) is 14.5. The number of hydrogen-bond donors (Lipinski definition) is 1. The maximum absolute atomic E-state index is 5.95. The van der Waals surface area contributed by atoms with Crippen molar-refractivity contribution in [3.8, 4) is 0 Å². The molecule has 0 spiro atoms. The van der Waals surface area contributed by atoms with Gasteiger partial charge in [-0.2, -0.15) is 4.37 Å². The molecule has 0 bridgehead atoms. The molecular formula is C14H24N4S2. The van der Waals surface area contributed by atoms with Crippen LogP contribution in [0.1, 0.15) is 32.1 Å². The predicted molar refractivity (Wildman–Crippen MR) is 89.0 cm³/mol. The minimum Gasteiger partial charge on any atom is -0.382 e. The van der Waals surface area contributed by atoms with Crippen molar-refractivity contribution in [1.29, 1.82) is 0 Å². The normalized spacial score (nSPS) is 22.4.